The Morgan fingerprint density at radius 3 is 2.45 bits per heavy atom. The molecule has 0 atom stereocenters. The number of hydrogen-bond donors (Lipinski definition) is 1. The molecule has 20 heavy (non-hydrogen) atoms. The second-order valence-electron chi connectivity index (χ2n) is 4.80. The van der Waals surface area contributed by atoms with Gasteiger partial charge in [-0.3, -0.25) is 14.3 Å². The summed E-state index contributed by atoms with van der Waals surface area (Å²) in [7, 11) is 0. The average Bonchev–Trinajstić information content (AvgIpc) is 2.65. The van der Waals surface area contributed by atoms with Crippen LogP contribution in [0.2, 0.25) is 0 Å². The van der Waals surface area contributed by atoms with E-state index in [1.807, 2.05) is 25.5 Å². The van der Waals surface area contributed by atoms with Gasteiger partial charge in [-0.15, -0.1) is 0 Å². The maximum atomic E-state index is 12.5. The van der Waals surface area contributed by atoms with Gasteiger partial charge in [0.05, 0.1) is 17.7 Å². The molecule has 0 unspecified atom stereocenters. The predicted octanol–water partition coefficient (Wildman–Crippen LogP) is 1.85. The number of aromatic nitrogens is 2. The molecule has 0 spiro atoms. The standard InChI is InChI=1S/C14H23N3O3/c1-5-8-17-11(4)13(10(3)15-17)14(20)16(6-2)9-7-12(18)19/h5-9H2,1-4H3,(H,18,19). The van der Waals surface area contributed by atoms with Crippen LogP contribution in [0.25, 0.3) is 0 Å². The second kappa shape index (κ2) is 7.07. The van der Waals surface area contributed by atoms with Crippen molar-refractivity contribution in [3.63, 3.8) is 0 Å². The van der Waals surface area contributed by atoms with Crippen molar-refractivity contribution >= 4 is 11.9 Å². The summed E-state index contributed by atoms with van der Waals surface area (Å²) in [6.45, 7) is 9.10. The van der Waals surface area contributed by atoms with Crippen LogP contribution >= 0.6 is 0 Å². The van der Waals surface area contributed by atoms with Gasteiger partial charge in [-0.2, -0.15) is 5.10 Å². The molecule has 0 radical (unpaired) electrons. The maximum absolute atomic E-state index is 12.5. The van der Waals surface area contributed by atoms with E-state index in [1.54, 1.807) is 4.90 Å². The van der Waals surface area contributed by atoms with Crippen LogP contribution in [-0.2, 0) is 11.3 Å². The lowest BCUT2D eigenvalue weighted by Crippen LogP contribution is -2.33. The van der Waals surface area contributed by atoms with E-state index in [2.05, 4.69) is 12.0 Å². The van der Waals surface area contributed by atoms with Crippen LogP contribution in [0.4, 0.5) is 0 Å². The Morgan fingerprint density at radius 2 is 1.95 bits per heavy atom. The Morgan fingerprint density at radius 1 is 1.30 bits per heavy atom. The van der Waals surface area contributed by atoms with Crippen molar-refractivity contribution < 1.29 is 14.7 Å². The minimum Gasteiger partial charge on any atom is -0.481 e. The highest BCUT2D eigenvalue weighted by Crippen LogP contribution is 2.16. The molecular formula is C14H23N3O3. The summed E-state index contributed by atoms with van der Waals surface area (Å²) in [4.78, 5) is 24.7. The summed E-state index contributed by atoms with van der Waals surface area (Å²) in [5.41, 5.74) is 2.16. The monoisotopic (exact) mass is 281 g/mol. The van der Waals surface area contributed by atoms with Gasteiger partial charge in [0.15, 0.2) is 0 Å². The van der Waals surface area contributed by atoms with E-state index in [1.165, 1.54) is 0 Å². The average molecular weight is 281 g/mol. The smallest absolute Gasteiger partial charge is 0.305 e. The molecule has 0 saturated heterocycles. The maximum Gasteiger partial charge on any atom is 0.305 e. The van der Waals surface area contributed by atoms with E-state index in [4.69, 9.17) is 5.11 Å². The van der Waals surface area contributed by atoms with Gasteiger partial charge in [0.1, 0.15) is 0 Å². The molecule has 0 aliphatic heterocycles. The number of hydrogen-bond acceptors (Lipinski definition) is 3. The van der Waals surface area contributed by atoms with Crippen molar-refractivity contribution in [3.05, 3.63) is 17.0 Å². The Labute approximate surface area is 119 Å². The Kier molecular flexibility index (Phi) is 5.73. The molecule has 1 aromatic rings. The van der Waals surface area contributed by atoms with E-state index in [0.29, 0.717) is 17.8 Å². The van der Waals surface area contributed by atoms with Gasteiger partial charge >= 0.3 is 5.97 Å². The molecule has 0 aliphatic carbocycles. The van der Waals surface area contributed by atoms with E-state index in [0.717, 1.165) is 18.7 Å². The third-order valence-corrected chi connectivity index (χ3v) is 3.30. The van der Waals surface area contributed by atoms with Crippen LogP contribution in [-0.4, -0.2) is 44.8 Å². The highest BCUT2D eigenvalue weighted by Gasteiger charge is 2.23. The first-order chi connectivity index (χ1) is 9.42. The van der Waals surface area contributed by atoms with Gasteiger partial charge in [0, 0.05) is 25.3 Å². The van der Waals surface area contributed by atoms with Crippen molar-refractivity contribution in [2.45, 2.75) is 47.1 Å². The molecule has 6 heteroatoms. The molecule has 0 aliphatic rings. The van der Waals surface area contributed by atoms with E-state index in [9.17, 15) is 9.59 Å². The van der Waals surface area contributed by atoms with Crippen molar-refractivity contribution in [1.82, 2.24) is 14.7 Å². The number of aryl methyl sites for hydroxylation is 2. The minimum absolute atomic E-state index is 0.0409. The van der Waals surface area contributed by atoms with E-state index < -0.39 is 5.97 Å². The molecule has 1 rings (SSSR count). The lowest BCUT2D eigenvalue weighted by Gasteiger charge is -2.20. The number of carbonyl (C=O) groups is 2. The SMILES string of the molecule is CCCn1nc(C)c(C(=O)N(CC)CCC(=O)O)c1C. The third kappa shape index (κ3) is 3.59. The quantitative estimate of drug-likeness (QED) is 0.827. The fourth-order valence-corrected chi connectivity index (χ4v) is 2.23. The summed E-state index contributed by atoms with van der Waals surface area (Å²) in [6, 6.07) is 0. The van der Waals surface area contributed by atoms with Gasteiger partial charge < -0.3 is 10.0 Å². The topological polar surface area (TPSA) is 75.4 Å². The summed E-state index contributed by atoms with van der Waals surface area (Å²) in [5.74, 6) is -1.03. The zero-order chi connectivity index (χ0) is 15.3. The number of amides is 1. The predicted molar refractivity (Wildman–Crippen MR) is 75.8 cm³/mol. The number of carboxylic acid groups (broad SMARTS) is 1. The van der Waals surface area contributed by atoms with Gasteiger partial charge in [0.25, 0.3) is 5.91 Å². The van der Waals surface area contributed by atoms with E-state index in [-0.39, 0.29) is 18.9 Å². The number of aliphatic carboxylic acids is 1. The Hall–Kier alpha value is -1.85. The first kappa shape index (κ1) is 16.2. The molecule has 0 fully saturated rings. The normalized spacial score (nSPS) is 10.6. The molecule has 0 aromatic carbocycles. The van der Waals surface area contributed by atoms with Gasteiger partial charge in [0.2, 0.25) is 0 Å². The highest BCUT2D eigenvalue weighted by molar-refractivity contribution is 5.96. The van der Waals surface area contributed by atoms with Crippen LogP contribution in [0, 0.1) is 13.8 Å². The first-order valence-electron chi connectivity index (χ1n) is 6.97. The molecule has 1 amide bonds. The van der Waals surface area contributed by atoms with Crippen LogP contribution < -0.4 is 0 Å². The fraction of sp³-hybridized carbons (Fsp3) is 0.643. The molecule has 0 saturated carbocycles. The third-order valence-electron chi connectivity index (χ3n) is 3.30. The Balaban J connectivity index is 2.97. The molecule has 1 aromatic heterocycles. The molecule has 1 N–H and O–H groups in total. The molecule has 112 valence electrons. The van der Waals surface area contributed by atoms with Crippen LogP contribution in [0.1, 0.15) is 48.4 Å². The summed E-state index contributed by atoms with van der Waals surface area (Å²) in [6.07, 6.45) is 0.910. The first-order valence-corrected chi connectivity index (χ1v) is 6.97. The summed E-state index contributed by atoms with van der Waals surface area (Å²) < 4.78 is 1.84. The molecule has 6 nitrogen and oxygen atoms in total. The lowest BCUT2D eigenvalue weighted by molar-refractivity contribution is -0.137. The molecular weight excluding hydrogens is 258 g/mol. The van der Waals surface area contributed by atoms with Crippen molar-refractivity contribution in [1.29, 1.82) is 0 Å². The van der Waals surface area contributed by atoms with Gasteiger partial charge in [-0.1, -0.05) is 6.92 Å². The van der Waals surface area contributed by atoms with Gasteiger partial charge in [-0.25, -0.2) is 0 Å². The van der Waals surface area contributed by atoms with Crippen LogP contribution in [0.5, 0.6) is 0 Å². The van der Waals surface area contributed by atoms with Crippen molar-refractivity contribution in [3.8, 4) is 0 Å². The highest BCUT2D eigenvalue weighted by atomic mass is 16.4. The van der Waals surface area contributed by atoms with E-state index >= 15 is 0 Å². The summed E-state index contributed by atoms with van der Waals surface area (Å²) in [5, 5.41) is 13.1. The zero-order valence-corrected chi connectivity index (χ0v) is 12.6. The van der Waals surface area contributed by atoms with Gasteiger partial charge in [-0.05, 0) is 27.2 Å². The van der Waals surface area contributed by atoms with Crippen LogP contribution in [0.3, 0.4) is 0 Å². The van der Waals surface area contributed by atoms with Crippen molar-refractivity contribution in [2.24, 2.45) is 0 Å². The number of carbonyl (C=O) groups excluding carboxylic acids is 1. The second-order valence-corrected chi connectivity index (χ2v) is 4.80. The number of nitrogens with zero attached hydrogens (tertiary/aromatic N) is 3. The summed E-state index contributed by atoms with van der Waals surface area (Å²) >= 11 is 0. The number of rotatable bonds is 7. The molecule has 0 bridgehead atoms. The number of carboxylic acids is 1. The van der Waals surface area contributed by atoms with Crippen molar-refractivity contribution in [2.75, 3.05) is 13.1 Å². The minimum atomic E-state index is -0.897. The Bertz CT molecular complexity index is 494. The lowest BCUT2D eigenvalue weighted by atomic mass is 10.1. The largest absolute Gasteiger partial charge is 0.481 e. The molecule has 1 heterocycles. The van der Waals surface area contributed by atoms with Crippen LogP contribution in [0.15, 0.2) is 0 Å². The zero-order valence-electron chi connectivity index (χ0n) is 12.6. The fourth-order valence-electron chi connectivity index (χ4n) is 2.23.